The van der Waals surface area contributed by atoms with Gasteiger partial charge in [0.15, 0.2) is 0 Å². The Hall–Kier alpha value is -1.58. The van der Waals surface area contributed by atoms with E-state index in [0.29, 0.717) is 0 Å². The molecule has 1 aromatic heterocycles. The molecule has 2 aliphatic rings. The third kappa shape index (κ3) is 3.25. The van der Waals surface area contributed by atoms with Crippen molar-refractivity contribution in [3.63, 3.8) is 0 Å². The fourth-order valence-electron chi connectivity index (χ4n) is 5.07. The van der Waals surface area contributed by atoms with Crippen LogP contribution in [0.15, 0.2) is 30.8 Å². The highest BCUT2D eigenvalue weighted by Gasteiger charge is 2.35. The van der Waals surface area contributed by atoms with Crippen LogP contribution in [-0.4, -0.2) is 11.7 Å². The fraction of sp³-hybridized carbons (Fsp3) is 0.500. The zero-order chi connectivity index (χ0) is 19.2. The first-order valence-corrected chi connectivity index (χ1v) is 11.0. The van der Waals surface area contributed by atoms with E-state index in [-0.39, 0.29) is 16.6 Å². The van der Waals surface area contributed by atoms with Gasteiger partial charge in [-0.15, -0.1) is 11.3 Å². The largest absolute Gasteiger partial charge is 0.508 e. The number of fused-ring (bicyclic) bond motifs is 1. The van der Waals surface area contributed by atoms with Gasteiger partial charge in [0.25, 0.3) is 0 Å². The number of thiophene rings is 1. The van der Waals surface area contributed by atoms with Gasteiger partial charge in [-0.3, -0.25) is 0 Å². The van der Waals surface area contributed by atoms with Gasteiger partial charge < -0.3 is 10.8 Å². The lowest BCUT2D eigenvalue weighted by molar-refractivity contribution is 0.317. The molecule has 0 amide bonds. The third-order valence-corrected chi connectivity index (χ3v) is 8.12. The van der Waals surface area contributed by atoms with Crippen LogP contribution in [0.1, 0.15) is 67.5 Å². The molecule has 4 rings (SSSR count). The number of nitrogens with two attached hydrogens (primary N) is 1. The lowest BCUT2D eigenvalue weighted by Crippen LogP contribution is -2.31. The van der Waals surface area contributed by atoms with E-state index >= 15 is 0 Å². The zero-order valence-corrected chi connectivity index (χ0v) is 17.4. The number of rotatable bonds is 4. The molecule has 0 radical (unpaired) electrons. The predicted octanol–water partition coefficient (Wildman–Crippen LogP) is 6.23. The van der Waals surface area contributed by atoms with Gasteiger partial charge in [0.1, 0.15) is 5.76 Å². The van der Waals surface area contributed by atoms with Gasteiger partial charge in [0.05, 0.1) is 0 Å². The Bertz CT molecular complexity index is 853. The first-order valence-electron chi connectivity index (χ1n) is 10.2. The van der Waals surface area contributed by atoms with Crippen molar-refractivity contribution in [2.45, 2.75) is 64.2 Å². The highest BCUT2D eigenvalue weighted by molar-refractivity contribution is 7.16. The normalized spacial score (nSPS) is 20.4. The van der Waals surface area contributed by atoms with Gasteiger partial charge in [-0.05, 0) is 54.2 Å². The van der Waals surface area contributed by atoms with Crippen molar-refractivity contribution in [1.82, 2.24) is 0 Å². The van der Waals surface area contributed by atoms with Crippen molar-refractivity contribution in [1.29, 1.82) is 0 Å². The minimum absolute atomic E-state index is 0.167. The third-order valence-electron chi connectivity index (χ3n) is 6.77. The Kier molecular flexibility index (Phi) is 4.72. The Morgan fingerprint density at radius 3 is 2.41 bits per heavy atom. The topological polar surface area (TPSA) is 46.2 Å². The summed E-state index contributed by atoms with van der Waals surface area (Å²) < 4.78 is 0. The second-order valence-electron chi connectivity index (χ2n) is 9.26. The standard InChI is InChI=1S/C24H31NOS/c1-16(26)21-19-14-23(2,3)13-10-20(19)27-22(21)17-6-8-18(9-7-17)24(15-25)11-4-5-12-24/h6-9,26H,1,4-5,10-15,25H2,2-3H3. The number of hydrogen-bond donors (Lipinski definition) is 2. The van der Waals surface area contributed by atoms with Crippen LogP contribution in [0, 0.1) is 5.41 Å². The molecule has 3 heteroatoms. The average molecular weight is 382 g/mol. The molecule has 2 aliphatic carbocycles. The maximum Gasteiger partial charge on any atom is 0.117 e. The van der Waals surface area contributed by atoms with E-state index in [9.17, 15) is 5.11 Å². The Balaban J connectivity index is 1.74. The molecule has 1 saturated carbocycles. The van der Waals surface area contributed by atoms with Gasteiger partial charge in [-0.1, -0.05) is 57.5 Å². The summed E-state index contributed by atoms with van der Waals surface area (Å²) >= 11 is 1.84. The van der Waals surface area contributed by atoms with Crippen LogP contribution >= 0.6 is 11.3 Å². The first kappa shape index (κ1) is 18.8. The summed E-state index contributed by atoms with van der Waals surface area (Å²) in [4.78, 5) is 2.60. The van der Waals surface area contributed by atoms with Crippen LogP contribution in [0.5, 0.6) is 0 Å². The number of hydrogen-bond acceptors (Lipinski definition) is 3. The molecule has 27 heavy (non-hydrogen) atoms. The summed E-state index contributed by atoms with van der Waals surface area (Å²) in [6.45, 7) is 9.26. The molecule has 0 atom stereocenters. The Labute approximate surface area is 167 Å². The van der Waals surface area contributed by atoms with E-state index in [2.05, 4.69) is 44.7 Å². The van der Waals surface area contributed by atoms with Crippen LogP contribution in [-0.2, 0) is 18.3 Å². The summed E-state index contributed by atoms with van der Waals surface area (Å²) in [7, 11) is 0. The maximum absolute atomic E-state index is 10.4. The van der Waals surface area contributed by atoms with Crippen molar-refractivity contribution in [3.05, 3.63) is 52.4 Å². The minimum Gasteiger partial charge on any atom is -0.508 e. The van der Waals surface area contributed by atoms with Gasteiger partial charge in [-0.2, -0.15) is 0 Å². The molecule has 2 aromatic rings. The van der Waals surface area contributed by atoms with E-state index < -0.39 is 0 Å². The van der Waals surface area contributed by atoms with Crippen LogP contribution in [0.3, 0.4) is 0 Å². The zero-order valence-electron chi connectivity index (χ0n) is 16.6. The van der Waals surface area contributed by atoms with Crippen LogP contribution < -0.4 is 5.73 Å². The second kappa shape index (κ2) is 6.79. The molecule has 3 N–H and O–H groups in total. The molecule has 0 aliphatic heterocycles. The van der Waals surface area contributed by atoms with E-state index in [0.717, 1.165) is 24.9 Å². The number of aryl methyl sites for hydroxylation is 1. The maximum atomic E-state index is 10.4. The SMILES string of the molecule is C=C(O)c1c(-c2ccc(C3(CN)CCCC3)cc2)sc2c1CC(C)(C)CC2. The molecule has 0 bridgehead atoms. The van der Waals surface area contributed by atoms with Crippen molar-refractivity contribution >= 4 is 17.1 Å². The number of benzene rings is 1. The van der Waals surface area contributed by atoms with E-state index in [1.54, 1.807) is 0 Å². The minimum atomic E-state index is 0.167. The second-order valence-corrected chi connectivity index (χ2v) is 10.4. The molecular weight excluding hydrogens is 350 g/mol. The van der Waals surface area contributed by atoms with Crippen molar-refractivity contribution in [3.8, 4) is 10.4 Å². The molecule has 0 saturated heterocycles. The summed E-state index contributed by atoms with van der Waals surface area (Å²) in [6, 6.07) is 8.97. The Morgan fingerprint density at radius 2 is 1.81 bits per heavy atom. The summed E-state index contributed by atoms with van der Waals surface area (Å²) in [5.41, 5.74) is 11.5. The van der Waals surface area contributed by atoms with E-state index in [1.165, 1.54) is 58.5 Å². The molecule has 1 aromatic carbocycles. The molecule has 2 nitrogen and oxygen atoms in total. The Morgan fingerprint density at radius 1 is 1.15 bits per heavy atom. The van der Waals surface area contributed by atoms with Crippen molar-refractivity contribution in [2.75, 3.05) is 6.54 Å². The smallest absolute Gasteiger partial charge is 0.117 e. The lowest BCUT2D eigenvalue weighted by Gasteiger charge is -2.30. The van der Waals surface area contributed by atoms with Crippen molar-refractivity contribution < 1.29 is 5.11 Å². The molecule has 1 heterocycles. The van der Waals surface area contributed by atoms with Gasteiger partial charge in [0.2, 0.25) is 0 Å². The summed E-state index contributed by atoms with van der Waals surface area (Å²) in [5, 5.41) is 10.4. The number of aliphatic hydroxyl groups excluding tert-OH is 1. The lowest BCUT2D eigenvalue weighted by atomic mass is 9.75. The molecule has 1 fully saturated rings. The highest BCUT2D eigenvalue weighted by Crippen LogP contribution is 2.47. The monoisotopic (exact) mass is 381 g/mol. The van der Waals surface area contributed by atoms with Crippen LogP contribution in [0.2, 0.25) is 0 Å². The van der Waals surface area contributed by atoms with Gasteiger partial charge >= 0.3 is 0 Å². The van der Waals surface area contributed by atoms with Crippen molar-refractivity contribution in [2.24, 2.45) is 11.1 Å². The van der Waals surface area contributed by atoms with Gasteiger partial charge in [0, 0.05) is 27.3 Å². The highest BCUT2D eigenvalue weighted by atomic mass is 32.1. The average Bonchev–Trinajstić information content (AvgIpc) is 3.26. The number of aliphatic hydroxyl groups is 1. The fourth-order valence-corrected chi connectivity index (χ4v) is 6.41. The quantitative estimate of drug-likeness (QED) is 0.617. The predicted molar refractivity (Wildman–Crippen MR) is 116 cm³/mol. The van der Waals surface area contributed by atoms with Crippen LogP contribution in [0.4, 0.5) is 0 Å². The van der Waals surface area contributed by atoms with Crippen LogP contribution in [0.25, 0.3) is 16.2 Å². The summed E-state index contributed by atoms with van der Waals surface area (Å²) in [5.74, 6) is 0.207. The molecule has 0 unspecified atom stereocenters. The van der Waals surface area contributed by atoms with E-state index in [4.69, 9.17) is 5.73 Å². The van der Waals surface area contributed by atoms with Gasteiger partial charge in [-0.25, -0.2) is 0 Å². The molecular formula is C24H31NOS. The summed E-state index contributed by atoms with van der Waals surface area (Å²) in [6.07, 6.45) is 8.27. The molecule has 144 valence electrons. The first-order chi connectivity index (χ1) is 12.9. The molecule has 0 spiro atoms. The van der Waals surface area contributed by atoms with E-state index in [1.807, 2.05) is 11.3 Å².